The topological polar surface area (TPSA) is 86.1 Å². The molecule has 0 saturated carbocycles. The lowest BCUT2D eigenvalue weighted by Gasteiger charge is -2.10. The molecule has 0 atom stereocenters. The van der Waals surface area contributed by atoms with Crippen LogP contribution in [0.25, 0.3) is 5.69 Å². The average Bonchev–Trinajstić information content (AvgIpc) is 3.40. The Hall–Kier alpha value is -2.65. The van der Waals surface area contributed by atoms with Gasteiger partial charge < -0.3 is 10.1 Å². The minimum absolute atomic E-state index is 0.109. The standard InChI is InChI=1S/C20H22N4O3S2/c1-27-19(26)10-5-11-21-18(25)14-29-20-23-22-17(13-16-9-6-12-28-16)24(20)15-7-3-2-4-8-15/h2-4,6-9,12H,5,10-11,13-14H2,1H3,(H,21,25). The number of rotatable bonds is 10. The quantitative estimate of drug-likeness (QED) is 0.302. The van der Waals surface area contributed by atoms with Crippen LogP contribution in [0.3, 0.4) is 0 Å². The molecule has 0 radical (unpaired) electrons. The smallest absolute Gasteiger partial charge is 0.305 e. The largest absolute Gasteiger partial charge is 0.469 e. The van der Waals surface area contributed by atoms with Crippen molar-refractivity contribution in [3.05, 3.63) is 58.5 Å². The van der Waals surface area contributed by atoms with Crippen LogP contribution in [0.2, 0.25) is 0 Å². The van der Waals surface area contributed by atoms with Gasteiger partial charge in [0.1, 0.15) is 5.82 Å². The van der Waals surface area contributed by atoms with Crippen LogP contribution >= 0.6 is 23.1 Å². The van der Waals surface area contributed by atoms with E-state index in [0.29, 0.717) is 31.0 Å². The van der Waals surface area contributed by atoms with E-state index in [1.807, 2.05) is 46.3 Å². The van der Waals surface area contributed by atoms with Crippen molar-refractivity contribution in [2.75, 3.05) is 19.4 Å². The fourth-order valence-corrected chi connectivity index (χ4v) is 4.16. The van der Waals surface area contributed by atoms with Crippen LogP contribution in [-0.4, -0.2) is 46.0 Å². The first-order valence-electron chi connectivity index (χ1n) is 9.16. The zero-order valence-corrected chi connectivity index (χ0v) is 17.7. The predicted molar refractivity (Wildman–Crippen MR) is 113 cm³/mol. The fraction of sp³-hybridized carbons (Fsp3) is 0.300. The van der Waals surface area contributed by atoms with Gasteiger partial charge in [-0.05, 0) is 30.0 Å². The number of methoxy groups -OCH3 is 1. The summed E-state index contributed by atoms with van der Waals surface area (Å²) < 4.78 is 6.58. The molecular formula is C20H22N4O3S2. The number of hydrogen-bond donors (Lipinski definition) is 1. The highest BCUT2D eigenvalue weighted by Crippen LogP contribution is 2.24. The van der Waals surface area contributed by atoms with Crippen molar-refractivity contribution in [1.82, 2.24) is 20.1 Å². The van der Waals surface area contributed by atoms with Crippen LogP contribution in [0.4, 0.5) is 0 Å². The maximum Gasteiger partial charge on any atom is 0.305 e. The first kappa shape index (κ1) is 21.1. The lowest BCUT2D eigenvalue weighted by molar-refractivity contribution is -0.140. The molecule has 0 aliphatic heterocycles. The summed E-state index contributed by atoms with van der Waals surface area (Å²) >= 11 is 3.02. The van der Waals surface area contributed by atoms with Crippen LogP contribution in [0.15, 0.2) is 53.0 Å². The monoisotopic (exact) mass is 430 g/mol. The molecule has 0 spiro atoms. The Kier molecular flexibility index (Phi) is 7.83. The van der Waals surface area contributed by atoms with Crippen LogP contribution in [0, 0.1) is 0 Å². The second-order valence-electron chi connectivity index (χ2n) is 6.14. The third-order valence-electron chi connectivity index (χ3n) is 4.07. The number of nitrogens with one attached hydrogen (secondary N) is 1. The Morgan fingerprint density at radius 3 is 2.72 bits per heavy atom. The summed E-state index contributed by atoms with van der Waals surface area (Å²) in [7, 11) is 1.35. The molecule has 9 heteroatoms. The van der Waals surface area contributed by atoms with Gasteiger partial charge in [-0.25, -0.2) is 0 Å². The zero-order valence-electron chi connectivity index (χ0n) is 16.0. The number of benzene rings is 1. The van der Waals surface area contributed by atoms with E-state index in [4.69, 9.17) is 0 Å². The molecule has 0 saturated heterocycles. The summed E-state index contributed by atoms with van der Waals surface area (Å²) in [5.74, 6) is 0.673. The SMILES string of the molecule is COC(=O)CCCNC(=O)CSc1nnc(Cc2cccs2)n1-c1ccccc1. The number of thioether (sulfide) groups is 1. The number of thiophene rings is 1. The van der Waals surface area contributed by atoms with Gasteiger partial charge in [0.25, 0.3) is 0 Å². The maximum atomic E-state index is 12.1. The Bertz CT molecular complexity index is 927. The Morgan fingerprint density at radius 1 is 1.17 bits per heavy atom. The van der Waals surface area contributed by atoms with Gasteiger partial charge >= 0.3 is 5.97 Å². The van der Waals surface area contributed by atoms with E-state index in [1.54, 1.807) is 11.3 Å². The average molecular weight is 431 g/mol. The number of carbonyl (C=O) groups is 2. The van der Waals surface area contributed by atoms with Crippen LogP contribution in [0.5, 0.6) is 0 Å². The molecule has 0 fully saturated rings. The van der Waals surface area contributed by atoms with E-state index in [0.717, 1.165) is 11.5 Å². The van der Waals surface area contributed by atoms with Gasteiger partial charge in [-0.2, -0.15) is 0 Å². The Morgan fingerprint density at radius 2 is 2.00 bits per heavy atom. The summed E-state index contributed by atoms with van der Waals surface area (Å²) in [6, 6.07) is 14.0. The molecule has 3 rings (SSSR count). The van der Waals surface area contributed by atoms with E-state index in [2.05, 4.69) is 26.3 Å². The predicted octanol–water partition coefficient (Wildman–Crippen LogP) is 3.08. The molecule has 0 bridgehead atoms. The summed E-state index contributed by atoms with van der Waals surface area (Å²) in [4.78, 5) is 24.4. The number of nitrogens with zero attached hydrogens (tertiary/aromatic N) is 3. The van der Waals surface area contributed by atoms with Gasteiger partial charge in [-0.3, -0.25) is 14.2 Å². The number of amides is 1. The zero-order chi connectivity index (χ0) is 20.5. The summed E-state index contributed by atoms with van der Waals surface area (Å²) in [5.41, 5.74) is 0.963. The minimum Gasteiger partial charge on any atom is -0.469 e. The summed E-state index contributed by atoms with van der Waals surface area (Å²) in [6.45, 7) is 0.434. The second-order valence-corrected chi connectivity index (χ2v) is 8.12. The third-order valence-corrected chi connectivity index (χ3v) is 5.87. The molecule has 0 unspecified atom stereocenters. The van der Waals surface area contributed by atoms with Crippen LogP contribution in [0.1, 0.15) is 23.5 Å². The lowest BCUT2D eigenvalue weighted by atomic mass is 10.3. The first-order chi connectivity index (χ1) is 14.2. The van der Waals surface area contributed by atoms with Crippen molar-refractivity contribution in [1.29, 1.82) is 0 Å². The molecule has 152 valence electrons. The number of para-hydroxylation sites is 1. The summed E-state index contributed by atoms with van der Waals surface area (Å²) in [6.07, 6.45) is 1.52. The second kappa shape index (κ2) is 10.8. The Labute approximate surface area is 177 Å². The molecular weight excluding hydrogens is 408 g/mol. The number of esters is 1. The molecule has 2 aromatic heterocycles. The van der Waals surface area contributed by atoms with Crippen molar-refractivity contribution >= 4 is 35.0 Å². The van der Waals surface area contributed by atoms with E-state index in [-0.39, 0.29) is 17.6 Å². The molecule has 3 aromatic rings. The van der Waals surface area contributed by atoms with Gasteiger partial charge in [0.2, 0.25) is 5.91 Å². The van der Waals surface area contributed by atoms with Crippen molar-refractivity contribution < 1.29 is 14.3 Å². The minimum atomic E-state index is -0.275. The highest BCUT2D eigenvalue weighted by atomic mass is 32.2. The van der Waals surface area contributed by atoms with Crippen LogP contribution in [-0.2, 0) is 20.7 Å². The van der Waals surface area contributed by atoms with E-state index >= 15 is 0 Å². The fourth-order valence-electron chi connectivity index (χ4n) is 2.66. The normalized spacial score (nSPS) is 10.7. The number of ether oxygens (including phenoxy) is 1. The molecule has 0 aliphatic rings. The van der Waals surface area contributed by atoms with E-state index < -0.39 is 0 Å². The van der Waals surface area contributed by atoms with Gasteiger partial charge in [-0.15, -0.1) is 21.5 Å². The van der Waals surface area contributed by atoms with Crippen molar-refractivity contribution in [2.24, 2.45) is 0 Å². The van der Waals surface area contributed by atoms with Crippen LogP contribution < -0.4 is 5.32 Å². The molecule has 1 aromatic carbocycles. The highest BCUT2D eigenvalue weighted by Gasteiger charge is 2.16. The van der Waals surface area contributed by atoms with E-state index in [1.165, 1.54) is 23.7 Å². The molecule has 2 heterocycles. The molecule has 29 heavy (non-hydrogen) atoms. The van der Waals surface area contributed by atoms with Crippen molar-refractivity contribution in [3.63, 3.8) is 0 Å². The molecule has 0 aliphatic carbocycles. The maximum absolute atomic E-state index is 12.1. The van der Waals surface area contributed by atoms with Crippen molar-refractivity contribution in [2.45, 2.75) is 24.4 Å². The van der Waals surface area contributed by atoms with Gasteiger partial charge in [0.15, 0.2) is 5.16 Å². The first-order valence-corrected chi connectivity index (χ1v) is 11.0. The van der Waals surface area contributed by atoms with Gasteiger partial charge in [0.05, 0.1) is 12.9 Å². The van der Waals surface area contributed by atoms with Gasteiger partial charge in [0, 0.05) is 30.0 Å². The molecule has 7 nitrogen and oxygen atoms in total. The third kappa shape index (κ3) is 6.16. The summed E-state index contributed by atoms with van der Waals surface area (Å²) in [5, 5.41) is 14.2. The lowest BCUT2D eigenvalue weighted by Crippen LogP contribution is -2.26. The highest BCUT2D eigenvalue weighted by molar-refractivity contribution is 7.99. The Balaban J connectivity index is 1.63. The van der Waals surface area contributed by atoms with Crippen molar-refractivity contribution in [3.8, 4) is 5.69 Å². The number of hydrogen-bond acceptors (Lipinski definition) is 7. The molecule has 1 amide bonds. The molecule has 1 N–H and O–H groups in total. The van der Waals surface area contributed by atoms with E-state index in [9.17, 15) is 9.59 Å². The number of carbonyl (C=O) groups excluding carboxylic acids is 2. The van der Waals surface area contributed by atoms with Gasteiger partial charge in [-0.1, -0.05) is 36.0 Å². The number of aromatic nitrogens is 3.